The number of nitro benzene ring substituents is 1. The molecule has 0 saturated carbocycles. The fourth-order valence-corrected chi connectivity index (χ4v) is 7.00. The van der Waals surface area contributed by atoms with Crippen LogP contribution in [-0.4, -0.2) is 30.7 Å². The number of aryl methyl sites for hydroxylation is 1. The third-order valence-electron chi connectivity index (χ3n) is 7.03. The highest BCUT2D eigenvalue weighted by Gasteiger charge is 2.64. The van der Waals surface area contributed by atoms with Gasteiger partial charge in [0.25, 0.3) is 5.69 Å². The number of carbonyl (C=O) groups is 1. The number of methoxy groups -OCH3 is 1. The molecule has 5 rings (SSSR count). The van der Waals surface area contributed by atoms with Crippen molar-refractivity contribution >= 4 is 37.6 Å². The number of carbonyl (C=O) groups excluding carboxylic acids is 1. The van der Waals surface area contributed by atoms with Crippen LogP contribution in [0.5, 0.6) is 0 Å². The number of nitrogens with zero attached hydrogens (tertiary/aromatic N) is 2. The molecule has 0 N–H and O–H groups in total. The first-order valence-electron chi connectivity index (χ1n) is 12.5. The minimum Gasteiger partial charge on any atom is -0.467 e. The maximum atomic E-state index is 14.6. The zero-order valence-electron chi connectivity index (χ0n) is 22.0. The van der Waals surface area contributed by atoms with Crippen molar-refractivity contribution in [2.24, 2.45) is 0 Å². The summed E-state index contributed by atoms with van der Waals surface area (Å²) >= 11 is 3.41. The van der Waals surface area contributed by atoms with Gasteiger partial charge in [-0.3, -0.25) is 10.1 Å². The van der Waals surface area contributed by atoms with Crippen LogP contribution in [0.25, 0.3) is 0 Å². The van der Waals surface area contributed by atoms with Crippen LogP contribution < -0.4 is 0 Å². The lowest BCUT2D eigenvalue weighted by Gasteiger charge is -2.34. The van der Waals surface area contributed by atoms with Gasteiger partial charge in [0.15, 0.2) is 6.23 Å². The zero-order valence-corrected chi connectivity index (χ0v) is 24.4. The van der Waals surface area contributed by atoms with Crippen LogP contribution >= 0.6 is 15.9 Å². The van der Waals surface area contributed by atoms with Gasteiger partial charge in [-0.1, -0.05) is 88.2 Å². The number of nitro groups is 1. The third-order valence-corrected chi connectivity index (χ3v) is 9.38. The van der Waals surface area contributed by atoms with E-state index in [1.54, 1.807) is 66.7 Å². The summed E-state index contributed by atoms with van der Waals surface area (Å²) < 4.78 is 42.9. The summed E-state index contributed by atoms with van der Waals surface area (Å²) in [7, 11) is -3.15. The lowest BCUT2D eigenvalue weighted by molar-refractivity contribution is -0.384. The van der Waals surface area contributed by atoms with Crippen LogP contribution in [0.15, 0.2) is 112 Å². The Morgan fingerprint density at radius 2 is 1.54 bits per heavy atom. The Balaban J connectivity index is 1.85. The highest BCUT2D eigenvalue weighted by Crippen LogP contribution is 2.57. The third kappa shape index (κ3) is 5.06. The number of ether oxygens (including phenoxy) is 2. The minimum atomic E-state index is -4.35. The number of hydrogen-bond acceptors (Lipinski definition) is 7. The van der Waals surface area contributed by atoms with E-state index in [0.29, 0.717) is 16.7 Å². The number of rotatable bonds is 7. The van der Waals surface area contributed by atoms with Crippen LogP contribution in [0.1, 0.15) is 34.5 Å². The van der Waals surface area contributed by atoms with Crippen molar-refractivity contribution in [1.29, 1.82) is 0 Å². The molecule has 1 aliphatic heterocycles. The fraction of sp³-hybridized carbons (Fsp3) is 0.167. The van der Waals surface area contributed by atoms with Gasteiger partial charge in [0.1, 0.15) is 0 Å². The molecule has 1 heterocycles. The molecule has 0 unspecified atom stereocenters. The van der Waals surface area contributed by atoms with Gasteiger partial charge in [-0.25, -0.2) is 13.2 Å². The first kappa shape index (κ1) is 28.6. The van der Waals surface area contributed by atoms with Gasteiger partial charge in [0, 0.05) is 16.6 Å². The molecule has 3 atom stereocenters. The number of esters is 1. The Labute approximate surface area is 245 Å². The average molecular weight is 638 g/mol. The van der Waals surface area contributed by atoms with Gasteiger partial charge in [0.2, 0.25) is 15.6 Å². The molecule has 0 bridgehead atoms. The average Bonchev–Trinajstić information content (AvgIpc) is 3.36. The van der Waals surface area contributed by atoms with Gasteiger partial charge in [-0.2, -0.15) is 4.31 Å². The van der Waals surface area contributed by atoms with Gasteiger partial charge < -0.3 is 9.47 Å². The van der Waals surface area contributed by atoms with E-state index in [4.69, 9.17) is 9.47 Å². The standard InChI is InChI=1S/C30H25BrN2O7S/c1-20-8-18-26(19-9-20)41(37,38)32-27(21-10-16-25(17-11-21)33(35)36)30(29(34)39-2,23-12-14-24(31)15-13-23)40-28(32)22-6-4-3-5-7-22/h3-19,27-28H,1-2H3/t27-,28-,30+/m1/s1. The number of sulfonamides is 1. The molecular weight excluding hydrogens is 612 g/mol. The number of benzene rings is 4. The molecule has 1 saturated heterocycles. The summed E-state index contributed by atoms with van der Waals surface area (Å²) in [4.78, 5) is 24.8. The Kier molecular flexibility index (Phi) is 7.80. The summed E-state index contributed by atoms with van der Waals surface area (Å²) in [5.41, 5.74) is -0.168. The predicted molar refractivity (Wildman–Crippen MR) is 154 cm³/mol. The van der Waals surface area contributed by atoms with Crippen LogP contribution in [0.2, 0.25) is 0 Å². The summed E-state index contributed by atoms with van der Waals surface area (Å²) in [6.07, 6.45) is -1.26. The lowest BCUT2D eigenvalue weighted by Crippen LogP contribution is -2.45. The Morgan fingerprint density at radius 3 is 2.10 bits per heavy atom. The fourth-order valence-electron chi connectivity index (χ4n) is 5.05. The molecular formula is C30H25BrN2O7S. The molecule has 0 spiro atoms. The summed E-state index contributed by atoms with van der Waals surface area (Å²) in [6, 6.07) is 25.9. The highest BCUT2D eigenvalue weighted by atomic mass is 79.9. The van der Waals surface area contributed by atoms with Crippen LogP contribution in [0, 0.1) is 17.0 Å². The molecule has 4 aromatic rings. The first-order chi connectivity index (χ1) is 19.6. The molecule has 9 nitrogen and oxygen atoms in total. The monoisotopic (exact) mass is 636 g/mol. The maximum absolute atomic E-state index is 14.6. The summed E-state index contributed by atoms with van der Waals surface area (Å²) in [5, 5.41) is 11.4. The van der Waals surface area contributed by atoms with Gasteiger partial charge in [0.05, 0.1) is 23.0 Å². The summed E-state index contributed by atoms with van der Waals surface area (Å²) in [6.45, 7) is 1.84. The van der Waals surface area contributed by atoms with Crippen LogP contribution in [0.4, 0.5) is 5.69 Å². The molecule has 1 aliphatic rings. The Morgan fingerprint density at radius 1 is 0.927 bits per heavy atom. The molecule has 11 heteroatoms. The van der Waals surface area contributed by atoms with Crippen molar-refractivity contribution in [3.8, 4) is 0 Å². The first-order valence-corrected chi connectivity index (χ1v) is 14.7. The maximum Gasteiger partial charge on any atom is 0.345 e. The lowest BCUT2D eigenvalue weighted by atomic mass is 9.83. The molecule has 0 aliphatic carbocycles. The molecule has 41 heavy (non-hydrogen) atoms. The van der Waals surface area contributed by atoms with Crippen LogP contribution in [-0.2, 0) is 29.9 Å². The summed E-state index contributed by atoms with van der Waals surface area (Å²) in [5.74, 6) is -0.828. The Bertz CT molecular complexity index is 1680. The van der Waals surface area contributed by atoms with Gasteiger partial charge in [-0.05, 0) is 47.9 Å². The SMILES string of the molecule is COC(=O)[C@@]1(c2ccc(Br)cc2)O[C@H](c2ccccc2)N(S(=O)(=O)c2ccc(C)cc2)[C@@H]1c1ccc([N+](=O)[O-])cc1. The van der Waals surface area contributed by atoms with E-state index in [-0.39, 0.29) is 10.6 Å². The number of non-ortho nitro benzene ring substituents is 1. The van der Waals surface area contributed by atoms with E-state index >= 15 is 0 Å². The molecule has 0 radical (unpaired) electrons. The second-order valence-corrected chi connectivity index (χ2v) is 12.3. The zero-order chi connectivity index (χ0) is 29.4. The van der Waals surface area contributed by atoms with E-state index < -0.39 is 38.8 Å². The normalized spacial score (nSPS) is 21.0. The van der Waals surface area contributed by atoms with Crippen molar-refractivity contribution in [2.45, 2.75) is 29.7 Å². The van der Waals surface area contributed by atoms with Crippen molar-refractivity contribution in [3.63, 3.8) is 0 Å². The topological polar surface area (TPSA) is 116 Å². The van der Waals surface area contributed by atoms with E-state index in [0.717, 1.165) is 14.3 Å². The smallest absolute Gasteiger partial charge is 0.345 e. The Hall–Kier alpha value is -3.90. The molecule has 0 amide bonds. The molecule has 210 valence electrons. The number of hydrogen-bond donors (Lipinski definition) is 0. The van der Waals surface area contributed by atoms with E-state index in [9.17, 15) is 23.3 Å². The van der Waals surface area contributed by atoms with E-state index in [2.05, 4.69) is 15.9 Å². The second kappa shape index (κ2) is 11.2. The highest BCUT2D eigenvalue weighted by molar-refractivity contribution is 9.10. The molecule has 4 aromatic carbocycles. The van der Waals surface area contributed by atoms with Crippen molar-refractivity contribution in [2.75, 3.05) is 7.11 Å². The van der Waals surface area contributed by atoms with E-state index in [1.807, 2.05) is 6.92 Å². The minimum absolute atomic E-state index is 0.00369. The van der Waals surface area contributed by atoms with E-state index in [1.165, 1.54) is 43.5 Å². The number of halogens is 1. The quantitative estimate of drug-likeness (QED) is 0.135. The van der Waals surface area contributed by atoms with Crippen LogP contribution in [0.3, 0.4) is 0 Å². The predicted octanol–water partition coefficient (Wildman–Crippen LogP) is 6.20. The molecule has 1 fully saturated rings. The van der Waals surface area contributed by atoms with Crippen molar-refractivity contribution < 1.29 is 27.6 Å². The largest absolute Gasteiger partial charge is 0.467 e. The molecule has 0 aromatic heterocycles. The van der Waals surface area contributed by atoms with Crippen molar-refractivity contribution in [1.82, 2.24) is 4.31 Å². The second-order valence-electron chi connectivity index (χ2n) is 9.51. The van der Waals surface area contributed by atoms with Crippen molar-refractivity contribution in [3.05, 3.63) is 140 Å². The van der Waals surface area contributed by atoms with Gasteiger partial charge in [-0.15, -0.1) is 0 Å². The van der Waals surface area contributed by atoms with Gasteiger partial charge >= 0.3 is 5.97 Å².